The molecule has 1 unspecified atom stereocenters. The van der Waals surface area contributed by atoms with E-state index in [1.807, 2.05) is 6.07 Å². The molecule has 2 aliphatic rings. The van der Waals surface area contributed by atoms with E-state index in [0.717, 1.165) is 29.2 Å². The first kappa shape index (κ1) is 29.1. The Balaban J connectivity index is 1.20. The number of nitrogens with one attached hydrogen (secondary N) is 2. The smallest absolute Gasteiger partial charge is 0.0470 e. The molecular formula is C47H36N2. The van der Waals surface area contributed by atoms with E-state index in [4.69, 9.17) is 0 Å². The van der Waals surface area contributed by atoms with Gasteiger partial charge in [-0.05, 0) is 117 Å². The van der Waals surface area contributed by atoms with Gasteiger partial charge in [0.25, 0.3) is 0 Å². The van der Waals surface area contributed by atoms with Crippen LogP contribution in [-0.4, -0.2) is 0 Å². The zero-order valence-corrected chi connectivity index (χ0v) is 27.5. The van der Waals surface area contributed by atoms with Gasteiger partial charge in [-0.3, -0.25) is 0 Å². The van der Waals surface area contributed by atoms with Crippen molar-refractivity contribution in [3.63, 3.8) is 0 Å². The predicted octanol–water partition coefficient (Wildman–Crippen LogP) is 13.0. The van der Waals surface area contributed by atoms with Gasteiger partial charge >= 0.3 is 0 Å². The van der Waals surface area contributed by atoms with Crippen LogP contribution < -0.4 is 10.6 Å². The molecule has 2 nitrogen and oxygen atoms in total. The second-order valence-corrected chi connectivity index (χ2v) is 13.3. The summed E-state index contributed by atoms with van der Waals surface area (Å²) in [6.07, 6.45) is 5.68. The van der Waals surface area contributed by atoms with Crippen molar-refractivity contribution >= 4 is 28.8 Å². The Morgan fingerprint density at radius 3 is 1.98 bits per heavy atom. The highest BCUT2D eigenvalue weighted by Crippen LogP contribution is 2.45. The van der Waals surface area contributed by atoms with E-state index < -0.39 is 0 Å². The van der Waals surface area contributed by atoms with E-state index in [1.165, 1.54) is 66.8 Å². The molecule has 9 rings (SSSR count). The third-order valence-corrected chi connectivity index (χ3v) is 9.91. The average Bonchev–Trinajstić information content (AvgIpc) is 3.15. The summed E-state index contributed by atoms with van der Waals surface area (Å²) in [5.41, 5.74) is 19.1. The Bertz CT molecular complexity index is 2370. The Morgan fingerprint density at radius 1 is 0.490 bits per heavy atom. The molecule has 0 amide bonds. The second kappa shape index (κ2) is 12.2. The maximum atomic E-state index is 3.93. The van der Waals surface area contributed by atoms with E-state index in [-0.39, 0.29) is 0 Å². The molecule has 7 aromatic rings. The minimum atomic E-state index is 0.537. The molecule has 1 aliphatic carbocycles. The summed E-state index contributed by atoms with van der Waals surface area (Å²) in [7, 11) is 0. The van der Waals surface area contributed by atoms with Gasteiger partial charge in [-0.25, -0.2) is 0 Å². The first-order valence-corrected chi connectivity index (χ1v) is 17.1. The average molecular weight is 629 g/mol. The summed E-state index contributed by atoms with van der Waals surface area (Å²) in [5.74, 6) is 0.537. The van der Waals surface area contributed by atoms with Gasteiger partial charge in [-0.2, -0.15) is 0 Å². The fourth-order valence-electron chi connectivity index (χ4n) is 7.41. The van der Waals surface area contributed by atoms with Crippen LogP contribution in [0.5, 0.6) is 0 Å². The normalized spacial score (nSPS) is 14.0. The standard InChI is InChI=1S/C47H36N2/c1-31-19-20-35-30-47-44(29-38(35)25-31)41-18-9-8-17-40(41)36-13-10-14-37(26-36)43-28-34(22-24-46(43)49-47)33-21-23-45(48-39-15-6-3-7-16-39)42(27-33)32-11-4-2-5-12-32/h2-24,26-31,48-49H,25H2,1H3. The molecular weight excluding hydrogens is 593 g/mol. The quantitative estimate of drug-likeness (QED) is 0.203. The molecule has 0 fully saturated rings. The van der Waals surface area contributed by atoms with Gasteiger partial charge in [-0.1, -0.05) is 122 Å². The fraction of sp³-hybridized carbons (Fsp3) is 0.0638. The Morgan fingerprint density at radius 2 is 1.16 bits per heavy atom. The highest BCUT2D eigenvalue weighted by atomic mass is 14.9. The molecule has 0 saturated heterocycles. The SMILES string of the molecule is CC1C=Cc2cc3c(cc2C1)-c1ccccc1-c1cccc(c1)-c1cc(-c2ccc(Nc4ccccc4)c(-c4ccccc4)c2)ccc1N3. The Kier molecular flexibility index (Phi) is 7.21. The third kappa shape index (κ3) is 5.52. The van der Waals surface area contributed by atoms with Gasteiger partial charge < -0.3 is 10.6 Å². The van der Waals surface area contributed by atoms with Gasteiger partial charge in [0.05, 0.1) is 0 Å². The number of fused-ring (bicyclic) bond motifs is 9. The lowest BCUT2D eigenvalue weighted by Gasteiger charge is -2.24. The summed E-state index contributed by atoms with van der Waals surface area (Å²) < 4.78 is 0. The maximum absolute atomic E-state index is 3.93. The first-order valence-electron chi connectivity index (χ1n) is 17.1. The second-order valence-electron chi connectivity index (χ2n) is 13.3. The van der Waals surface area contributed by atoms with Crippen molar-refractivity contribution in [2.45, 2.75) is 13.3 Å². The molecule has 0 saturated carbocycles. The van der Waals surface area contributed by atoms with Crippen LogP contribution in [0.15, 0.2) is 164 Å². The molecule has 0 radical (unpaired) electrons. The predicted molar refractivity (Wildman–Crippen MR) is 209 cm³/mol. The number of hydrogen-bond acceptors (Lipinski definition) is 2. The lowest BCUT2D eigenvalue weighted by Crippen LogP contribution is -2.06. The van der Waals surface area contributed by atoms with Crippen molar-refractivity contribution in [1.82, 2.24) is 0 Å². The summed E-state index contributed by atoms with van der Waals surface area (Å²) >= 11 is 0. The van der Waals surface area contributed by atoms with Crippen molar-refractivity contribution < 1.29 is 0 Å². The van der Waals surface area contributed by atoms with Gasteiger partial charge in [0.15, 0.2) is 0 Å². The molecule has 1 aliphatic heterocycles. The Hall–Kier alpha value is -6.12. The molecule has 2 heteroatoms. The third-order valence-electron chi connectivity index (χ3n) is 9.91. The van der Waals surface area contributed by atoms with Crippen LogP contribution in [0.4, 0.5) is 22.7 Å². The molecule has 0 spiro atoms. The largest absolute Gasteiger partial charge is 0.355 e. The maximum Gasteiger partial charge on any atom is 0.0470 e. The van der Waals surface area contributed by atoms with Gasteiger partial charge in [0.1, 0.15) is 0 Å². The number of hydrogen-bond donors (Lipinski definition) is 2. The molecule has 234 valence electrons. The Labute approximate surface area is 288 Å². The van der Waals surface area contributed by atoms with Crippen molar-refractivity contribution in [3.8, 4) is 55.6 Å². The van der Waals surface area contributed by atoms with E-state index in [1.54, 1.807) is 0 Å². The van der Waals surface area contributed by atoms with Crippen LogP contribution in [0.25, 0.3) is 61.7 Å². The van der Waals surface area contributed by atoms with E-state index in [9.17, 15) is 0 Å². The minimum Gasteiger partial charge on any atom is -0.355 e. The number of anilines is 4. The van der Waals surface area contributed by atoms with Crippen molar-refractivity contribution in [3.05, 3.63) is 175 Å². The van der Waals surface area contributed by atoms with Crippen LogP contribution in [0.3, 0.4) is 0 Å². The van der Waals surface area contributed by atoms with Crippen LogP contribution in [0.2, 0.25) is 0 Å². The zero-order chi connectivity index (χ0) is 32.7. The van der Waals surface area contributed by atoms with Crippen LogP contribution >= 0.6 is 0 Å². The highest BCUT2D eigenvalue weighted by molar-refractivity contribution is 5.97. The topological polar surface area (TPSA) is 24.1 Å². The van der Waals surface area contributed by atoms with Crippen LogP contribution in [0.1, 0.15) is 18.1 Å². The summed E-state index contributed by atoms with van der Waals surface area (Å²) in [4.78, 5) is 0. The molecule has 49 heavy (non-hydrogen) atoms. The van der Waals surface area contributed by atoms with Gasteiger partial charge in [0, 0.05) is 39.4 Å². The minimum absolute atomic E-state index is 0.537. The monoisotopic (exact) mass is 628 g/mol. The molecule has 1 atom stereocenters. The first-order chi connectivity index (χ1) is 24.2. The lowest BCUT2D eigenvalue weighted by atomic mass is 9.85. The zero-order valence-electron chi connectivity index (χ0n) is 27.5. The fourth-order valence-corrected chi connectivity index (χ4v) is 7.41. The summed E-state index contributed by atoms with van der Waals surface area (Å²) in [5, 5.41) is 7.59. The van der Waals surface area contributed by atoms with E-state index in [2.05, 4.69) is 181 Å². The molecule has 7 aromatic carbocycles. The summed E-state index contributed by atoms with van der Waals surface area (Å²) in [6.45, 7) is 2.30. The van der Waals surface area contributed by atoms with E-state index in [0.29, 0.717) is 5.92 Å². The lowest BCUT2D eigenvalue weighted by molar-refractivity contribution is 0.717. The van der Waals surface area contributed by atoms with Crippen molar-refractivity contribution in [2.75, 3.05) is 10.6 Å². The van der Waals surface area contributed by atoms with Crippen LogP contribution in [-0.2, 0) is 6.42 Å². The van der Waals surface area contributed by atoms with Crippen molar-refractivity contribution in [2.24, 2.45) is 5.92 Å². The molecule has 2 bridgehead atoms. The molecule has 1 heterocycles. The molecule has 0 aromatic heterocycles. The molecule has 2 N–H and O–H groups in total. The number of rotatable bonds is 4. The number of allylic oxidation sites excluding steroid dienone is 1. The van der Waals surface area contributed by atoms with Gasteiger partial charge in [0.2, 0.25) is 0 Å². The van der Waals surface area contributed by atoms with Gasteiger partial charge in [-0.15, -0.1) is 0 Å². The van der Waals surface area contributed by atoms with Crippen LogP contribution in [0, 0.1) is 5.92 Å². The summed E-state index contributed by atoms with van der Waals surface area (Å²) in [6, 6.07) is 57.3. The van der Waals surface area contributed by atoms with Crippen molar-refractivity contribution in [1.29, 1.82) is 0 Å². The number of benzene rings is 7. The van der Waals surface area contributed by atoms with E-state index >= 15 is 0 Å². The highest BCUT2D eigenvalue weighted by Gasteiger charge is 2.21. The number of para-hydroxylation sites is 1.